The molecule has 0 saturated carbocycles. The van der Waals surface area contributed by atoms with Gasteiger partial charge in [0.1, 0.15) is 11.6 Å². The normalized spacial score (nSPS) is 10.4. The summed E-state index contributed by atoms with van der Waals surface area (Å²) >= 11 is 3.16. The van der Waals surface area contributed by atoms with Crippen molar-refractivity contribution in [2.45, 2.75) is 13.8 Å². The zero-order chi connectivity index (χ0) is 14.9. The highest BCUT2D eigenvalue weighted by Crippen LogP contribution is 2.29. The van der Waals surface area contributed by atoms with E-state index in [4.69, 9.17) is 0 Å². The number of carbonyl (C=O) groups excluding carboxylic acids is 1. The van der Waals surface area contributed by atoms with Crippen LogP contribution in [0.4, 0.5) is 10.1 Å². The van der Waals surface area contributed by atoms with Crippen LogP contribution in [-0.2, 0) is 0 Å². The van der Waals surface area contributed by atoms with Crippen molar-refractivity contribution in [1.82, 2.24) is 0 Å². The van der Waals surface area contributed by atoms with E-state index in [9.17, 15) is 14.3 Å². The van der Waals surface area contributed by atoms with E-state index in [1.807, 2.05) is 0 Å². The second-order valence-corrected chi connectivity index (χ2v) is 5.31. The smallest absolute Gasteiger partial charge is 0.259 e. The van der Waals surface area contributed by atoms with Crippen molar-refractivity contribution in [1.29, 1.82) is 0 Å². The molecule has 0 spiro atoms. The molecule has 0 aromatic heterocycles. The molecule has 0 saturated heterocycles. The molecule has 0 unspecified atom stereocenters. The number of aryl methyl sites for hydroxylation is 1. The molecule has 2 aromatic rings. The van der Waals surface area contributed by atoms with Gasteiger partial charge >= 0.3 is 0 Å². The Kier molecular flexibility index (Phi) is 4.09. The summed E-state index contributed by atoms with van der Waals surface area (Å²) in [6.45, 7) is 3.45. The van der Waals surface area contributed by atoms with Crippen molar-refractivity contribution in [3.8, 4) is 5.75 Å². The van der Waals surface area contributed by atoms with Crippen LogP contribution in [0.15, 0.2) is 34.8 Å². The molecule has 0 heterocycles. The van der Waals surface area contributed by atoms with Crippen molar-refractivity contribution >= 4 is 27.5 Å². The van der Waals surface area contributed by atoms with Crippen molar-refractivity contribution in [3.63, 3.8) is 0 Å². The van der Waals surface area contributed by atoms with Gasteiger partial charge in [-0.15, -0.1) is 0 Å². The molecule has 3 nitrogen and oxygen atoms in total. The third kappa shape index (κ3) is 2.67. The van der Waals surface area contributed by atoms with Crippen LogP contribution in [0.25, 0.3) is 0 Å². The quantitative estimate of drug-likeness (QED) is 0.864. The van der Waals surface area contributed by atoms with E-state index in [2.05, 4.69) is 21.2 Å². The Morgan fingerprint density at radius 1 is 1.25 bits per heavy atom. The third-order valence-corrected chi connectivity index (χ3v) is 3.73. The van der Waals surface area contributed by atoms with Gasteiger partial charge < -0.3 is 10.4 Å². The monoisotopic (exact) mass is 337 g/mol. The SMILES string of the molecule is Cc1ccc(NC(=O)c2c(F)cccc2Br)c(C)c1O. The number of benzene rings is 2. The van der Waals surface area contributed by atoms with E-state index in [-0.39, 0.29) is 11.3 Å². The van der Waals surface area contributed by atoms with E-state index in [0.29, 0.717) is 21.3 Å². The topological polar surface area (TPSA) is 49.3 Å². The second-order valence-electron chi connectivity index (χ2n) is 4.45. The lowest BCUT2D eigenvalue weighted by atomic mass is 10.1. The highest BCUT2D eigenvalue weighted by molar-refractivity contribution is 9.10. The van der Waals surface area contributed by atoms with E-state index < -0.39 is 11.7 Å². The maximum atomic E-state index is 13.7. The number of amides is 1. The van der Waals surface area contributed by atoms with E-state index in [1.165, 1.54) is 12.1 Å². The van der Waals surface area contributed by atoms with Crippen LogP contribution in [0, 0.1) is 19.7 Å². The summed E-state index contributed by atoms with van der Waals surface area (Å²) in [6, 6.07) is 7.70. The minimum atomic E-state index is -0.606. The maximum Gasteiger partial charge on any atom is 0.259 e. The van der Waals surface area contributed by atoms with E-state index >= 15 is 0 Å². The van der Waals surface area contributed by atoms with Crippen molar-refractivity contribution in [2.75, 3.05) is 5.32 Å². The van der Waals surface area contributed by atoms with E-state index in [0.717, 1.165) is 0 Å². The first-order valence-electron chi connectivity index (χ1n) is 5.96. The van der Waals surface area contributed by atoms with Crippen LogP contribution in [0.5, 0.6) is 5.75 Å². The van der Waals surface area contributed by atoms with Crippen LogP contribution in [-0.4, -0.2) is 11.0 Å². The first-order valence-corrected chi connectivity index (χ1v) is 6.75. The molecule has 0 aliphatic heterocycles. The largest absolute Gasteiger partial charge is 0.507 e. The number of nitrogens with one attached hydrogen (secondary N) is 1. The summed E-state index contributed by atoms with van der Waals surface area (Å²) in [5.74, 6) is -1.05. The molecule has 2 aromatic carbocycles. The summed E-state index contributed by atoms with van der Waals surface area (Å²) < 4.78 is 14.1. The number of hydrogen-bond acceptors (Lipinski definition) is 2. The summed E-state index contributed by atoms with van der Waals surface area (Å²) in [7, 11) is 0. The summed E-state index contributed by atoms with van der Waals surface area (Å²) in [5.41, 5.74) is 1.65. The third-order valence-electron chi connectivity index (χ3n) is 3.07. The molecular formula is C15H13BrFNO2. The Labute approximate surface area is 124 Å². The minimum absolute atomic E-state index is 0.0630. The van der Waals surface area contributed by atoms with Gasteiger partial charge in [0.15, 0.2) is 0 Å². The van der Waals surface area contributed by atoms with Crippen molar-refractivity contribution in [2.24, 2.45) is 0 Å². The molecule has 0 atom stereocenters. The standard InChI is InChI=1S/C15H13BrFNO2/c1-8-6-7-12(9(2)14(8)19)18-15(20)13-10(16)4-3-5-11(13)17/h3-7,19H,1-2H3,(H,18,20). The summed E-state index contributed by atoms with van der Waals surface area (Å²) in [6.07, 6.45) is 0. The lowest BCUT2D eigenvalue weighted by Crippen LogP contribution is -2.15. The summed E-state index contributed by atoms with van der Waals surface area (Å²) in [4.78, 5) is 12.1. The zero-order valence-electron chi connectivity index (χ0n) is 11.0. The van der Waals surface area contributed by atoms with Gasteiger partial charge in [0.25, 0.3) is 5.91 Å². The molecule has 2 rings (SSSR count). The zero-order valence-corrected chi connectivity index (χ0v) is 12.6. The highest BCUT2D eigenvalue weighted by Gasteiger charge is 2.17. The minimum Gasteiger partial charge on any atom is -0.507 e. The van der Waals surface area contributed by atoms with Crippen molar-refractivity contribution in [3.05, 3.63) is 57.3 Å². The number of anilines is 1. The average molecular weight is 338 g/mol. The Balaban J connectivity index is 2.36. The number of phenols is 1. The Morgan fingerprint density at radius 2 is 1.95 bits per heavy atom. The first-order chi connectivity index (χ1) is 9.41. The molecule has 20 heavy (non-hydrogen) atoms. The second kappa shape index (κ2) is 5.63. The molecule has 2 N–H and O–H groups in total. The molecular weight excluding hydrogens is 325 g/mol. The van der Waals surface area contributed by atoms with Gasteiger partial charge in [0.2, 0.25) is 0 Å². The summed E-state index contributed by atoms with van der Waals surface area (Å²) in [5, 5.41) is 12.5. The van der Waals surface area contributed by atoms with Gasteiger partial charge in [-0.25, -0.2) is 4.39 Å². The lowest BCUT2D eigenvalue weighted by molar-refractivity contribution is 0.102. The van der Waals surface area contributed by atoms with Crippen LogP contribution in [0.1, 0.15) is 21.5 Å². The fourth-order valence-electron chi connectivity index (χ4n) is 1.87. The Bertz CT molecular complexity index is 666. The number of halogens is 2. The number of aromatic hydroxyl groups is 1. The van der Waals surface area contributed by atoms with Gasteiger partial charge in [-0.3, -0.25) is 4.79 Å². The molecule has 0 radical (unpaired) electrons. The predicted octanol–water partition coefficient (Wildman–Crippen LogP) is 4.16. The maximum absolute atomic E-state index is 13.7. The van der Waals surface area contributed by atoms with Crippen LogP contribution in [0.2, 0.25) is 0 Å². The molecule has 0 aliphatic carbocycles. The molecule has 5 heteroatoms. The van der Waals surface area contributed by atoms with Gasteiger partial charge in [0.05, 0.1) is 5.56 Å². The fourth-order valence-corrected chi connectivity index (χ4v) is 2.39. The lowest BCUT2D eigenvalue weighted by Gasteiger charge is -2.12. The number of hydrogen-bond donors (Lipinski definition) is 2. The number of rotatable bonds is 2. The molecule has 0 bridgehead atoms. The van der Waals surface area contributed by atoms with Gasteiger partial charge in [-0.2, -0.15) is 0 Å². The van der Waals surface area contributed by atoms with Crippen molar-refractivity contribution < 1.29 is 14.3 Å². The fraction of sp³-hybridized carbons (Fsp3) is 0.133. The highest BCUT2D eigenvalue weighted by atomic mass is 79.9. The van der Waals surface area contributed by atoms with Gasteiger partial charge in [-0.05, 0) is 53.5 Å². The average Bonchev–Trinajstić information content (AvgIpc) is 2.39. The predicted molar refractivity (Wildman–Crippen MR) is 79.6 cm³/mol. The van der Waals surface area contributed by atoms with Gasteiger partial charge in [0, 0.05) is 15.7 Å². The van der Waals surface area contributed by atoms with Crippen LogP contribution in [0.3, 0.4) is 0 Å². The molecule has 104 valence electrons. The first kappa shape index (κ1) is 14.5. The van der Waals surface area contributed by atoms with Crippen LogP contribution >= 0.6 is 15.9 Å². The Hall–Kier alpha value is -1.88. The Morgan fingerprint density at radius 3 is 2.60 bits per heavy atom. The molecule has 0 fully saturated rings. The number of phenolic OH excluding ortho intramolecular Hbond substituents is 1. The van der Waals surface area contributed by atoms with Gasteiger partial charge in [-0.1, -0.05) is 12.1 Å². The molecule has 0 aliphatic rings. The van der Waals surface area contributed by atoms with Crippen LogP contribution < -0.4 is 5.32 Å². The number of carbonyl (C=O) groups is 1. The van der Waals surface area contributed by atoms with E-state index in [1.54, 1.807) is 32.0 Å². The molecule has 1 amide bonds.